The Hall–Kier alpha value is -1.70. The summed E-state index contributed by atoms with van der Waals surface area (Å²) in [6.07, 6.45) is -4.42. The first kappa shape index (κ1) is 48.4. The summed E-state index contributed by atoms with van der Waals surface area (Å²) in [6, 6.07) is 0. The van der Waals surface area contributed by atoms with Crippen molar-refractivity contribution >= 4 is 69.1 Å². The summed E-state index contributed by atoms with van der Waals surface area (Å²) in [4.78, 5) is 93.1. The fourth-order valence-electron chi connectivity index (χ4n) is 4.45. The molecule has 24 nitrogen and oxygen atoms in total. The van der Waals surface area contributed by atoms with Gasteiger partial charge in [-0.3, -0.25) is 32.6 Å². The van der Waals surface area contributed by atoms with Gasteiger partial charge in [-0.25, -0.2) is 19.3 Å². The zero-order valence-electron chi connectivity index (χ0n) is 29.1. The Labute approximate surface area is 333 Å². The van der Waals surface area contributed by atoms with Gasteiger partial charge in [-0.1, -0.05) is 31.7 Å². The minimum atomic E-state index is -5.89. The van der Waals surface area contributed by atoms with Crippen LogP contribution in [-0.2, 0) is 50.7 Å². The number of aliphatic hydroxyl groups is 2. The van der Waals surface area contributed by atoms with Crippen molar-refractivity contribution in [3.63, 3.8) is 0 Å². The standard InChI is InChI=1S/C25H40N7O17P3S.Na/c1-4-5-16(34)53-9-8-27-15(33)6-7-28-23(37)20(36)25(2,3)11-46-52(43,44)49-51(41,42)45-10-14-19(48-50(38,39)40)18(35)24(47-14)32-13-31-17-21(26)29-12-30-22(17)32;/h4-5,12-14,18-20,24,35-36H,6-11H2,1-3H3,(H,27,33)(H,28,37)(H,41,42)(H,43,44)(H2,26,29,30)(H2,38,39,40);/q;+1/p-3/b5-4+;. The third-order valence-corrected chi connectivity index (χ3v) is 10.9. The molecule has 0 aliphatic carbocycles. The number of phosphoric ester groups is 3. The van der Waals surface area contributed by atoms with Gasteiger partial charge in [0.05, 0.1) is 19.5 Å². The van der Waals surface area contributed by atoms with Gasteiger partial charge in [-0.2, -0.15) is 0 Å². The smallest absolute Gasteiger partial charge is 0.756 e. The number of nitrogens with two attached hydrogens (primary N) is 1. The van der Waals surface area contributed by atoms with Crippen LogP contribution in [0.2, 0.25) is 0 Å². The molecule has 1 aliphatic rings. The maximum Gasteiger partial charge on any atom is 1.00 e. The largest absolute Gasteiger partial charge is 1.00 e. The van der Waals surface area contributed by atoms with Gasteiger partial charge < -0.3 is 64.5 Å². The number of phosphoric acid groups is 3. The molecule has 2 aromatic heterocycles. The van der Waals surface area contributed by atoms with Gasteiger partial charge in [0.15, 0.2) is 17.7 Å². The van der Waals surface area contributed by atoms with Gasteiger partial charge in [-0.15, -0.1) is 0 Å². The summed E-state index contributed by atoms with van der Waals surface area (Å²) in [6.45, 7) is 1.82. The Morgan fingerprint density at radius 1 is 1.13 bits per heavy atom. The van der Waals surface area contributed by atoms with Crippen molar-refractivity contribution in [2.75, 3.05) is 37.8 Å². The van der Waals surface area contributed by atoms with Crippen molar-refractivity contribution in [1.82, 2.24) is 30.2 Å². The first-order valence-electron chi connectivity index (χ1n) is 15.2. The maximum atomic E-state index is 12.5. The van der Waals surface area contributed by atoms with Crippen LogP contribution in [0.15, 0.2) is 24.8 Å². The van der Waals surface area contributed by atoms with Crippen LogP contribution in [0.4, 0.5) is 5.82 Å². The van der Waals surface area contributed by atoms with Gasteiger partial charge in [0, 0.05) is 30.7 Å². The number of nitrogens with one attached hydrogen (secondary N) is 2. The van der Waals surface area contributed by atoms with Gasteiger partial charge >= 0.3 is 29.6 Å². The summed E-state index contributed by atoms with van der Waals surface area (Å²) < 4.78 is 60.6. The van der Waals surface area contributed by atoms with Crippen molar-refractivity contribution in [2.24, 2.45) is 5.41 Å². The molecule has 0 aromatic carbocycles. The van der Waals surface area contributed by atoms with E-state index in [0.29, 0.717) is 5.75 Å². The molecular formula is C25H37N7NaO17P3S-2. The molecule has 0 saturated carbocycles. The molecule has 1 fully saturated rings. The first-order valence-corrected chi connectivity index (χ1v) is 20.6. The van der Waals surface area contributed by atoms with Gasteiger partial charge in [0.25, 0.3) is 23.5 Å². The SMILES string of the molecule is C/C=C/C(=O)SCCNC(=O)CCNC(=O)C(O)C(C)(C)COP(=O)([O-])OP(=O)([O-])OCC1OC(n2cnc3c(N)ncnc32)C(O)C1OP(=O)([O-])O.[Na+]. The van der Waals surface area contributed by atoms with E-state index < -0.39 is 84.6 Å². The number of fused-ring (bicyclic) bond motifs is 1. The normalized spacial score (nSPS) is 22.8. The van der Waals surface area contributed by atoms with Crippen LogP contribution >= 0.6 is 35.2 Å². The fourth-order valence-corrected chi connectivity index (χ4v) is 7.83. The number of hydrogen-bond donors (Lipinski definition) is 6. The van der Waals surface area contributed by atoms with Crippen LogP contribution in [0.1, 0.15) is 33.4 Å². The second-order valence-corrected chi connectivity index (χ2v) is 16.9. The van der Waals surface area contributed by atoms with E-state index in [1.54, 1.807) is 13.0 Å². The van der Waals surface area contributed by atoms with Crippen LogP contribution < -0.4 is 60.6 Å². The van der Waals surface area contributed by atoms with E-state index in [-0.39, 0.29) is 71.2 Å². The Morgan fingerprint density at radius 3 is 2.44 bits per heavy atom. The number of rotatable bonds is 20. The molecule has 2 amide bonds. The number of carbonyl (C=O) groups is 3. The molecule has 29 heteroatoms. The molecule has 1 saturated heterocycles. The molecule has 8 atom stereocenters. The number of thioether (sulfide) groups is 1. The number of nitrogen functional groups attached to an aromatic ring is 1. The quantitative estimate of drug-likeness (QED) is 0.0313. The summed E-state index contributed by atoms with van der Waals surface area (Å²) in [5.74, 6) is -1.22. The third-order valence-electron chi connectivity index (χ3n) is 7.03. The Bertz CT molecular complexity index is 1800. The predicted octanol–water partition coefficient (Wildman–Crippen LogP) is -5.65. The third kappa shape index (κ3) is 14.7. The van der Waals surface area contributed by atoms with Gasteiger partial charge in [0.2, 0.25) is 16.9 Å². The molecule has 1 aliphatic heterocycles. The molecule has 3 heterocycles. The number of aliphatic hydroxyl groups excluding tert-OH is 2. The summed E-state index contributed by atoms with van der Waals surface area (Å²) in [5.41, 5.74) is 4.10. The molecule has 54 heavy (non-hydrogen) atoms. The van der Waals surface area contributed by atoms with Crippen molar-refractivity contribution in [3.05, 3.63) is 24.8 Å². The summed E-state index contributed by atoms with van der Waals surface area (Å²) in [7, 11) is -17.3. The number of imidazole rings is 1. The number of nitrogens with zero attached hydrogens (tertiary/aromatic N) is 4. The number of amides is 2. The van der Waals surface area contributed by atoms with Crippen LogP contribution in [0.25, 0.3) is 11.2 Å². The second kappa shape index (κ2) is 20.6. The number of allylic oxidation sites excluding steroid dienone is 1. The average Bonchev–Trinajstić information content (AvgIpc) is 3.61. The van der Waals surface area contributed by atoms with Crippen molar-refractivity contribution in [3.8, 4) is 0 Å². The fraction of sp³-hybridized carbons (Fsp3) is 0.600. The van der Waals surface area contributed by atoms with E-state index in [0.717, 1.165) is 29.0 Å². The van der Waals surface area contributed by atoms with E-state index in [1.807, 2.05) is 0 Å². The topological polar surface area (TPSA) is 372 Å². The van der Waals surface area contributed by atoms with Crippen molar-refractivity contribution in [1.29, 1.82) is 0 Å². The number of anilines is 1. The van der Waals surface area contributed by atoms with E-state index in [1.165, 1.54) is 19.9 Å². The maximum absolute atomic E-state index is 12.5. The molecule has 8 unspecified atom stereocenters. The Morgan fingerprint density at radius 2 is 1.80 bits per heavy atom. The van der Waals surface area contributed by atoms with Crippen LogP contribution in [0.5, 0.6) is 0 Å². The molecular weight excluding hydrogens is 818 g/mol. The van der Waals surface area contributed by atoms with Crippen LogP contribution in [0.3, 0.4) is 0 Å². The second-order valence-electron chi connectivity index (χ2n) is 11.7. The van der Waals surface area contributed by atoms with Crippen LogP contribution in [0, 0.1) is 5.41 Å². The number of carbonyl (C=O) groups excluding carboxylic acids is 3. The number of aromatic nitrogens is 4. The zero-order valence-corrected chi connectivity index (χ0v) is 34.6. The monoisotopic (exact) mass is 855 g/mol. The van der Waals surface area contributed by atoms with Gasteiger partial charge in [0.1, 0.15) is 36.3 Å². The molecule has 3 rings (SSSR count). The number of ether oxygens (including phenoxy) is 1. The molecule has 0 spiro atoms. The van der Waals surface area contributed by atoms with Crippen molar-refractivity contribution < 1.29 is 110 Å². The molecule has 0 bridgehead atoms. The van der Waals surface area contributed by atoms with Gasteiger partial charge in [-0.05, 0) is 13.0 Å². The van der Waals surface area contributed by atoms with E-state index in [9.17, 15) is 57.9 Å². The minimum Gasteiger partial charge on any atom is -0.756 e. The number of hydrogen-bond acceptors (Lipinski definition) is 21. The Kier molecular flexibility index (Phi) is 18.5. The minimum absolute atomic E-state index is 0. The molecule has 298 valence electrons. The van der Waals surface area contributed by atoms with Crippen LogP contribution in [-0.4, -0.2) is 108 Å². The molecule has 7 N–H and O–H groups in total. The van der Waals surface area contributed by atoms with E-state index >= 15 is 0 Å². The van der Waals surface area contributed by atoms with Crippen molar-refractivity contribution in [2.45, 2.75) is 57.8 Å². The molecule has 0 radical (unpaired) electrons. The predicted molar refractivity (Wildman–Crippen MR) is 175 cm³/mol. The first-order chi connectivity index (χ1) is 24.6. The van der Waals surface area contributed by atoms with E-state index in [4.69, 9.17) is 10.5 Å². The van der Waals surface area contributed by atoms with E-state index in [2.05, 4.69) is 43.5 Å². The summed E-state index contributed by atoms with van der Waals surface area (Å²) in [5, 5.41) is 25.9. The zero-order chi connectivity index (χ0) is 39.8. The average molecular weight is 856 g/mol. The summed E-state index contributed by atoms with van der Waals surface area (Å²) >= 11 is 0.998. The molecule has 2 aromatic rings. The Balaban J connectivity index is 0.0000101.